The highest BCUT2D eigenvalue weighted by Gasteiger charge is 2.08. The Balaban J connectivity index is 0.00000264. The summed E-state index contributed by atoms with van der Waals surface area (Å²) >= 11 is 1.80. The fourth-order valence-electron chi connectivity index (χ4n) is 2.04. The fraction of sp³-hybridized carbons (Fsp3) is 0.533. The molecule has 2 aromatic rings. The number of aliphatic imine (C=N–C) groups is 1. The monoisotopic (exact) mass is 448 g/mol. The van der Waals surface area contributed by atoms with E-state index in [1.165, 1.54) is 4.88 Å². The lowest BCUT2D eigenvalue weighted by molar-refractivity contribution is 0.486. The maximum atomic E-state index is 4.67. The molecule has 0 bridgehead atoms. The van der Waals surface area contributed by atoms with Crippen LogP contribution in [0, 0.1) is 6.92 Å². The summed E-state index contributed by atoms with van der Waals surface area (Å²) in [7, 11) is 4.03. The van der Waals surface area contributed by atoms with E-state index in [2.05, 4.69) is 56.9 Å². The third kappa shape index (κ3) is 5.76. The van der Waals surface area contributed by atoms with Crippen molar-refractivity contribution in [1.82, 2.24) is 25.0 Å². The van der Waals surface area contributed by atoms with Gasteiger partial charge in [0.1, 0.15) is 12.4 Å². The zero-order valence-corrected chi connectivity index (χ0v) is 17.3. The third-order valence-corrected chi connectivity index (χ3v) is 4.46. The SMILES string of the molecule is CCNC(=NCc1nnc(C)n1C)N(C)CCc1cccs1.I. The fourth-order valence-corrected chi connectivity index (χ4v) is 2.74. The predicted molar refractivity (Wildman–Crippen MR) is 107 cm³/mol. The first-order valence-electron chi connectivity index (χ1n) is 7.48. The summed E-state index contributed by atoms with van der Waals surface area (Å²) in [6.45, 7) is 6.33. The van der Waals surface area contributed by atoms with Gasteiger partial charge in [0.15, 0.2) is 11.8 Å². The summed E-state index contributed by atoms with van der Waals surface area (Å²) in [4.78, 5) is 8.22. The summed E-state index contributed by atoms with van der Waals surface area (Å²) < 4.78 is 1.97. The van der Waals surface area contributed by atoms with Crippen LogP contribution in [0.2, 0.25) is 0 Å². The Morgan fingerprint density at radius 3 is 2.78 bits per heavy atom. The van der Waals surface area contributed by atoms with Gasteiger partial charge in [-0.1, -0.05) is 6.07 Å². The third-order valence-electron chi connectivity index (χ3n) is 3.52. The summed E-state index contributed by atoms with van der Waals surface area (Å²) in [6, 6.07) is 4.26. The molecule has 1 N–H and O–H groups in total. The molecule has 0 radical (unpaired) electrons. The number of nitrogens with one attached hydrogen (secondary N) is 1. The molecule has 6 nitrogen and oxygen atoms in total. The van der Waals surface area contributed by atoms with E-state index in [-0.39, 0.29) is 24.0 Å². The number of likely N-dealkylation sites (N-methyl/N-ethyl adjacent to an activating group) is 1. The van der Waals surface area contributed by atoms with Gasteiger partial charge in [-0.3, -0.25) is 0 Å². The number of thiophene rings is 1. The molecule has 0 atom stereocenters. The Morgan fingerprint density at radius 1 is 1.43 bits per heavy atom. The first-order valence-corrected chi connectivity index (χ1v) is 8.36. The maximum Gasteiger partial charge on any atom is 0.194 e. The molecular formula is C15H25IN6S. The molecule has 0 fully saturated rings. The van der Waals surface area contributed by atoms with Gasteiger partial charge in [0.05, 0.1) is 0 Å². The second-order valence-corrected chi connectivity index (χ2v) is 6.18. The van der Waals surface area contributed by atoms with E-state index in [4.69, 9.17) is 0 Å². The van der Waals surface area contributed by atoms with Gasteiger partial charge in [-0.2, -0.15) is 0 Å². The molecular weight excluding hydrogens is 423 g/mol. The largest absolute Gasteiger partial charge is 0.357 e. The minimum absolute atomic E-state index is 0. The number of aromatic nitrogens is 3. The van der Waals surface area contributed by atoms with Crippen LogP contribution >= 0.6 is 35.3 Å². The van der Waals surface area contributed by atoms with Gasteiger partial charge in [0.25, 0.3) is 0 Å². The average Bonchev–Trinajstić information content (AvgIpc) is 3.13. The Morgan fingerprint density at radius 2 is 2.22 bits per heavy atom. The van der Waals surface area contributed by atoms with Crippen molar-refractivity contribution in [1.29, 1.82) is 0 Å². The molecule has 0 aliphatic heterocycles. The average molecular weight is 448 g/mol. The highest BCUT2D eigenvalue weighted by molar-refractivity contribution is 14.0. The standard InChI is InChI=1S/C15H24N6S.HI/c1-5-16-15(17-11-14-19-18-12(2)21(14)4)20(3)9-8-13-7-6-10-22-13;/h6-7,10H,5,8-9,11H2,1-4H3,(H,16,17);1H. The zero-order chi connectivity index (χ0) is 15.9. The molecule has 2 heterocycles. The van der Waals surface area contributed by atoms with Crippen molar-refractivity contribution < 1.29 is 0 Å². The second-order valence-electron chi connectivity index (χ2n) is 5.14. The van der Waals surface area contributed by atoms with Crippen LogP contribution in [-0.4, -0.2) is 45.8 Å². The zero-order valence-electron chi connectivity index (χ0n) is 14.1. The minimum atomic E-state index is 0. The number of hydrogen-bond donors (Lipinski definition) is 1. The van der Waals surface area contributed by atoms with E-state index in [1.807, 2.05) is 18.5 Å². The van der Waals surface area contributed by atoms with Gasteiger partial charge < -0.3 is 14.8 Å². The normalized spacial score (nSPS) is 11.2. The number of hydrogen-bond acceptors (Lipinski definition) is 4. The summed E-state index contributed by atoms with van der Waals surface area (Å²) in [5.41, 5.74) is 0. The van der Waals surface area contributed by atoms with Crippen molar-refractivity contribution in [2.45, 2.75) is 26.8 Å². The lowest BCUT2D eigenvalue weighted by Crippen LogP contribution is -2.39. The first-order chi connectivity index (χ1) is 10.6. The van der Waals surface area contributed by atoms with Gasteiger partial charge in [-0.05, 0) is 31.7 Å². The van der Waals surface area contributed by atoms with E-state index >= 15 is 0 Å². The molecule has 0 aromatic carbocycles. The van der Waals surface area contributed by atoms with Crippen molar-refractivity contribution in [2.24, 2.45) is 12.0 Å². The van der Waals surface area contributed by atoms with Crippen LogP contribution in [0.3, 0.4) is 0 Å². The van der Waals surface area contributed by atoms with Crippen molar-refractivity contribution in [3.8, 4) is 0 Å². The molecule has 0 aliphatic rings. The van der Waals surface area contributed by atoms with Crippen molar-refractivity contribution in [2.75, 3.05) is 20.1 Å². The van der Waals surface area contributed by atoms with Crippen molar-refractivity contribution >= 4 is 41.3 Å². The van der Waals surface area contributed by atoms with E-state index in [9.17, 15) is 0 Å². The molecule has 8 heteroatoms. The maximum absolute atomic E-state index is 4.67. The van der Waals surface area contributed by atoms with Crippen molar-refractivity contribution in [3.63, 3.8) is 0 Å². The summed E-state index contributed by atoms with van der Waals surface area (Å²) in [5.74, 6) is 2.68. The van der Waals surface area contributed by atoms with E-state index in [1.54, 1.807) is 11.3 Å². The Bertz CT molecular complexity index is 608. The van der Waals surface area contributed by atoms with Crippen LogP contribution in [0.5, 0.6) is 0 Å². The highest BCUT2D eigenvalue weighted by Crippen LogP contribution is 2.09. The molecule has 0 saturated carbocycles. The highest BCUT2D eigenvalue weighted by atomic mass is 127. The molecule has 2 rings (SSSR count). The Kier molecular flexibility index (Phi) is 8.53. The van der Waals surface area contributed by atoms with Gasteiger partial charge in [-0.25, -0.2) is 4.99 Å². The van der Waals surface area contributed by atoms with Crippen LogP contribution in [0.4, 0.5) is 0 Å². The molecule has 0 unspecified atom stereocenters. The Hall–Kier alpha value is -1.16. The Labute approximate surface area is 159 Å². The summed E-state index contributed by atoms with van der Waals surface area (Å²) in [5, 5.41) is 13.7. The van der Waals surface area contributed by atoms with Gasteiger partial charge in [0.2, 0.25) is 0 Å². The van der Waals surface area contributed by atoms with Crippen LogP contribution < -0.4 is 5.32 Å². The number of guanidine groups is 1. The van der Waals surface area contributed by atoms with Gasteiger partial charge in [0, 0.05) is 32.1 Å². The predicted octanol–water partition coefficient (Wildman–Crippen LogP) is 2.44. The van der Waals surface area contributed by atoms with Crippen LogP contribution in [0.25, 0.3) is 0 Å². The lowest BCUT2D eigenvalue weighted by atomic mass is 10.3. The lowest BCUT2D eigenvalue weighted by Gasteiger charge is -2.21. The summed E-state index contributed by atoms with van der Waals surface area (Å²) in [6.07, 6.45) is 1.03. The number of aryl methyl sites for hydroxylation is 1. The first kappa shape index (κ1) is 19.9. The molecule has 0 amide bonds. The van der Waals surface area contributed by atoms with E-state index < -0.39 is 0 Å². The van der Waals surface area contributed by atoms with Crippen LogP contribution in [0.1, 0.15) is 23.4 Å². The molecule has 128 valence electrons. The quantitative estimate of drug-likeness (QED) is 0.419. The molecule has 0 aliphatic carbocycles. The minimum Gasteiger partial charge on any atom is -0.357 e. The van der Waals surface area contributed by atoms with Gasteiger partial charge >= 0.3 is 0 Å². The van der Waals surface area contributed by atoms with E-state index in [0.29, 0.717) is 6.54 Å². The topological polar surface area (TPSA) is 58.3 Å². The number of halogens is 1. The molecule has 0 spiro atoms. The van der Waals surface area contributed by atoms with Crippen molar-refractivity contribution in [3.05, 3.63) is 34.0 Å². The molecule has 23 heavy (non-hydrogen) atoms. The molecule has 0 saturated heterocycles. The van der Waals surface area contributed by atoms with Crippen LogP contribution in [-0.2, 0) is 20.0 Å². The van der Waals surface area contributed by atoms with E-state index in [0.717, 1.165) is 37.1 Å². The molecule has 2 aromatic heterocycles. The second kappa shape index (κ2) is 9.86. The smallest absolute Gasteiger partial charge is 0.194 e. The number of rotatable bonds is 6. The number of nitrogens with zero attached hydrogens (tertiary/aromatic N) is 5. The van der Waals surface area contributed by atoms with Gasteiger partial charge in [-0.15, -0.1) is 45.5 Å². The van der Waals surface area contributed by atoms with Crippen LogP contribution in [0.15, 0.2) is 22.5 Å².